The number of anilines is 1. The van der Waals surface area contributed by atoms with Crippen LogP contribution < -0.4 is 11.1 Å². The molecular weight excluding hydrogens is 198 g/mol. The van der Waals surface area contributed by atoms with Crippen molar-refractivity contribution in [1.82, 2.24) is 10.3 Å². The van der Waals surface area contributed by atoms with Crippen molar-refractivity contribution in [2.45, 2.75) is 31.4 Å². The van der Waals surface area contributed by atoms with Gasteiger partial charge in [-0.05, 0) is 19.8 Å². The predicted octanol–water partition coefficient (Wildman–Crippen LogP) is 0.685. The number of β-amino-alcohol motifs (C(OH)–C–C–N with tert-alkyl or cyclic N) is 1. The Morgan fingerprint density at radius 1 is 1.79 bits per heavy atom. The van der Waals surface area contributed by atoms with Crippen LogP contribution in [0.25, 0.3) is 0 Å². The number of nitrogens with two attached hydrogens (primary N) is 1. The van der Waals surface area contributed by atoms with Gasteiger partial charge in [-0.15, -0.1) is 0 Å². The van der Waals surface area contributed by atoms with Crippen molar-refractivity contribution in [2.75, 3.05) is 12.3 Å². The first kappa shape index (κ1) is 9.89. The molecule has 1 aliphatic heterocycles. The third kappa shape index (κ3) is 1.75. The van der Waals surface area contributed by atoms with Gasteiger partial charge in [0.15, 0.2) is 5.13 Å². The molecule has 0 amide bonds. The van der Waals surface area contributed by atoms with Crippen LogP contribution in [-0.4, -0.2) is 22.7 Å². The molecule has 0 aromatic carbocycles. The molecular formula is C9H15N3OS. The third-order valence-corrected chi connectivity index (χ3v) is 3.74. The zero-order valence-electron chi connectivity index (χ0n) is 8.16. The Morgan fingerprint density at radius 2 is 2.57 bits per heavy atom. The Morgan fingerprint density at radius 3 is 3.07 bits per heavy atom. The van der Waals surface area contributed by atoms with Crippen LogP contribution in [0.2, 0.25) is 0 Å². The van der Waals surface area contributed by atoms with E-state index in [1.807, 2.05) is 0 Å². The molecule has 0 aliphatic carbocycles. The van der Waals surface area contributed by atoms with E-state index < -0.39 is 5.60 Å². The second-order valence-corrected chi connectivity index (χ2v) is 4.98. The van der Waals surface area contributed by atoms with Crippen LogP contribution in [0, 0.1) is 0 Å². The topological polar surface area (TPSA) is 71.2 Å². The first-order valence-corrected chi connectivity index (χ1v) is 5.59. The Balaban J connectivity index is 2.16. The summed E-state index contributed by atoms with van der Waals surface area (Å²) in [6.45, 7) is 2.72. The lowest BCUT2D eigenvalue weighted by Crippen LogP contribution is -2.46. The number of thiazole rings is 1. The SMILES string of the molecule is CC1CCC(O)(c2cnc(N)s2)CN1. The molecule has 2 heterocycles. The molecule has 0 spiro atoms. The highest BCUT2D eigenvalue weighted by Gasteiger charge is 2.34. The van der Waals surface area contributed by atoms with E-state index in [1.54, 1.807) is 6.20 Å². The van der Waals surface area contributed by atoms with E-state index in [1.165, 1.54) is 11.3 Å². The smallest absolute Gasteiger partial charge is 0.180 e. The summed E-state index contributed by atoms with van der Waals surface area (Å²) in [5.41, 5.74) is 4.79. The van der Waals surface area contributed by atoms with Crippen molar-refractivity contribution in [2.24, 2.45) is 0 Å². The van der Waals surface area contributed by atoms with E-state index in [-0.39, 0.29) is 0 Å². The lowest BCUT2D eigenvalue weighted by Gasteiger charge is -2.34. The number of hydrogen-bond acceptors (Lipinski definition) is 5. The minimum Gasteiger partial charge on any atom is -0.383 e. The average Bonchev–Trinajstić information content (AvgIpc) is 2.58. The van der Waals surface area contributed by atoms with Gasteiger partial charge in [-0.1, -0.05) is 11.3 Å². The second-order valence-electron chi connectivity index (χ2n) is 3.91. The highest BCUT2D eigenvalue weighted by atomic mass is 32.1. The molecule has 0 bridgehead atoms. The number of aromatic nitrogens is 1. The molecule has 1 aromatic heterocycles. The summed E-state index contributed by atoms with van der Waals surface area (Å²) in [5, 5.41) is 14.1. The van der Waals surface area contributed by atoms with Gasteiger partial charge in [-0.25, -0.2) is 4.98 Å². The molecule has 2 unspecified atom stereocenters. The fourth-order valence-electron chi connectivity index (χ4n) is 1.70. The first-order chi connectivity index (χ1) is 6.60. The maximum atomic E-state index is 10.3. The van der Waals surface area contributed by atoms with Crippen molar-refractivity contribution in [3.05, 3.63) is 11.1 Å². The normalized spacial score (nSPS) is 33.1. The zero-order valence-corrected chi connectivity index (χ0v) is 8.97. The van der Waals surface area contributed by atoms with Gasteiger partial charge in [-0.2, -0.15) is 0 Å². The standard InChI is InChI=1S/C9H15N3OS/c1-6-2-3-9(13,5-12-6)7-4-11-8(10)14-7/h4,6,12-13H,2-3,5H2,1H3,(H2,10,11). The summed E-state index contributed by atoms with van der Waals surface area (Å²) in [5.74, 6) is 0. The number of nitrogens with zero attached hydrogens (tertiary/aromatic N) is 1. The Bertz CT molecular complexity index is 318. The van der Waals surface area contributed by atoms with Gasteiger partial charge in [0.25, 0.3) is 0 Å². The summed E-state index contributed by atoms with van der Waals surface area (Å²) < 4.78 is 0. The highest BCUT2D eigenvalue weighted by Crippen LogP contribution is 2.33. The lowest BCUT2D eigenvalue weighted by atomic mass is 9.90. The van der Waals surface area contributed by atoms with Crippen molar-refractivity contribution < 1.29 is 5.11 Å². The van der Waals surface area contributed by atoms with Gasteiger partial charge >= 0.3 is 0 Å². The van der Waals surface area contributed by atoms with Crippen LogP contribution in [0.3, 0.4) is 0 Å². The van der Waals surface area contributed by atoms with Gasteiger partial charge in [-0.3, -0.25) is 0 Å². The van der Waals surface area contributed by atoms with E-state index in [4.69, 9.17) is 5.73 Å². The lowest BCUT2D eigenvalue weighted by molar-refractivity contribution is 0.00688. The van der Waals surface area contributed by atoms with Gasteiger partial charge in [0.1, 0.15) is 5.60 Å². The van der Waals surface area contributed by atoms with Crippen molar-refractivity contribution >= 4 is 16.5 Å². The maximum absolute atomic E-state index is 10.3. The fraction of sp³-hybridized carbons (Fsp3) is 0.667. The molecule has 5 heteroatoms. The number of nitrogens with one attached hydrogen (secondary N) is 1. The van der Waals surface area contributed by atoms with Crippen LogP contribution in [-0.2, 0) is 5.60 Å². The number of aliphatic hydroxyl groups is 1. The third-order valence-electron chi connectivity index (χ3n) is 2.72. The van der Waals surface area contributed by atoms with E-state index in [9.17, 15) is 5.11 Å². The average molecular weight is 213 g/mol. The van der Waals surface area contributed by atoms with Crippen molar-refractivity contribution in [3.63, 3.8) is 0 Å². The van der Waals surface area contributed by atoms with Crippen LogP contribution in [0.5, 0.6) is 0 Å². The van der Waals surface area contributed by atoms with Crippen molar-refractivity contribution in [3.8, 4) is 0 Å². The van der Waals surface area contributed by atoms with E-state index in [0.717, 1.165) is 17.7 Å². The number of hydrogen-bond donors (Lipinski definition) is 3. The molecule has 4 nitrogen and oxygen atoms in total. The molecule has 14 heavy (non-hydrogen) atoms. The minimum absolute atomic E-state index is 0.487. The van der Waals surface area contributed by atoms with Gasteiger partial charge in [0.2, 0.25) is 0 Å². The molecule has 4 N–H and O–H groups in total. The molecule has 2 atom stereocenters. The maximum Gasteiger partial charge on any atom is 0.180 e. The zero-order chi connectivity index (χ0) is 10.2. The molecule has 1 aromatic rings. The molecule has 1 saturated heterocycles. The summed E-state index contributed by atoms with van der Waals surface area (Å²) in [7, 11) is 0. The van der Waals surface area contributed by atoms with Crippen LogP contribution in [0.4, 0.5) is 5.13 Å². The molecule has 0 radical (unpaired) electrons. The fourth-order valence-corrected chi connectivity index (χ4v) is 2.50. The molecule has 1 fully saturated rings. The minimum atomic E-state index is -0.762. The monoisotopic (exact) mass is 213 g/mol. The van der Waals surface area contributed by atoms with Gasteiger partial charge in [0, 0.05) is 18.8 Å². The van der Waals surface area contributed by atoms with Crippen molar-refractivity contribution in [1.29, 1.82) is 0 Å². The number of nitrogen functional groups attached to an aromatic ring is 1. The quantitative estimate of drug-likeness (QED) is 0.641. The summed E-state index contributed by atoms with van der Waals surface area (Å²) >= 11 is 1.37. The first-order valence-electron chi connectivity index (χ1n) is 4.78. The van der Waals surface area contributed by atoms with Gasteiger partial charge in [0.05, 0.1) is 4.88 Å². The molecule has 2 rings (SSSR count). The Kier molecular flexibility index (Phi) is 2.47. The number of rotatable bonds is 1. The van der Waals surface area contributed by atoms with E-state index in [2.05, 4.69) is 17.2 Å². The van der Waals surface area contributed by atoms with Crippen LogP contribution >= 0.6 is 11.3 Å². The Hall–Kier alpha value is -0.650. The van der Waals surface area contributed by atoms with Gasteiger partial charge < -0.3 is 16.2 Å². The molecule has 0 saturated carbocycles. The molecule has 1 aliphatic rings. The molecule has 78 valence electrons. The van der Waals surface area contributed by atoms with E-state index >= 15 is 0 Å². The summed E-state index contributed by atoms with van der Waals surface area (Å²) in [6, 6.07) is 0.487. The summed E-state index contributed by atoms with van der Waals surface area (Å²) in [6.07, 6.45) is 3.44. The highest BCUT2D eigenvalue weighted by molar-refractivity contribution is 7.15. The predicted molar refractivity (Wildman–Crippen MR) is 57.1 cm³/mol. The largest absolute Gasteiger partial charge is 0.383 e. The van der Waals surface area contributed by atoms with Crippen LogP contribution in [0.1, 0.15) is 24.6 Å². The number of piperidine rings is 1. The van der Waals surface area contributed by atoms with E-state index in [0.29, 0.717) is 17.7 Å². The van der Waals surface area contributed by atoms with Crippen LogP contribution in [0.15, 0.2) is 6.20 Å². The Labute approximate surface area is 87.2 Å². The second kappa shape index (κ2) is 3.49. The summed E-state index contributed by atoms with van der Waals surface area (Å²) in [4.78, 5) is 4.83.